The molecule has 1 atom stereocenters. The molecule has 1 aromatic carbocycles. The predicted molar refractivity (Wildman–Crippen MR) is 95.8 cm³/mol. The van der Waals surface area contributed by atoms with Crippen LogP contribution in [0.4, 0.5) is 0 Å². The summed E-state index contributed by atoms with van der Waals surface area (Å²) in [6.07, 6.45) is 1.63. The molecular weight excluding hydrogens is 304 g/mol. The fraction of sp³-hybridized carbons (Fsp3) is 0.421. The van der Waals surface area contributed by atoms with Crippen LogP contribution in [0, 0.1) is 0 Å². The van der Waals surface area contributed by atoms with Crippen LogP contribution in [0.1, 0.15) is 17.4 Å². The van der Waals surface area contributed by atoms with Crippen molar-refractivity contribution in [2.75, 3.05) is 26.2 Å². The summed E-state index contributed by atoms with van der Waals surface area (Å²) in [5.74, 6) is 0.266. The van der Waals surface area contributed by atoms with E-state index in [-0.39, 0.29) is 5.91 Å². The number of rotatable bonds is 5. The summed E-state index contributed by atoms with van der Waals surface area (Å²) in [4.78, 5) is 18.0. The topological polar surface area (TPSA) is 23.6 Å². The van der Waals surface area contributed by atoms with E-state index in [9.17, 15) is 4.79 Å². The molecule has 1 aliphatic heterocycles. The SMILES string of the molecule is CC(Cc1ccccc1)N1CCN(C(=O)Cc2cccs2)CC1. The number of benzene rings is 1. The molecule has 23 heavy (non-hydrogen) atoms. The van der Waals surface area contributed by atoms with Gasteiger partial charge < -0.3 is 4.90 Å². The Balaban J connectivity index is 1.47. The quantitative estimate of drug-likeness (QED) is 0.842. The van der Waals surface area contributed by atoms with Gasteiger partial charge in [0.1, 0.15) is 0 Å². The Morgan fingerprint density at radius 1 is 1.09 bits per heavy atom. The van der Waals surface area contributed by atoms with E-state index in [1.807, 2.05) is 22.4 Å². The smallest absolute Gasteiger partial charge is 0.227 e. The maximum absolute atomic E-state index is 12.3. The van der Waals surface area contributed by atoms with Crippen molar-refractivity contribution in [2.45, 2.75) is 25.8 Å². The summed E-state index contributed by atoms with van der Waals surface area (Å²) in [5, 5.41) is 2.03. The maximum Gasteiger partial charge on any atom is 0.227 e. The van der Waals surface area contributed by atoms with Gasteiger partial charge in [-0.25, -0.2) is 0 Å². The molecule has 3 nitrogen and oxygen atoms in total. The highest BCUT2D eigenvalue weighted by Gasteiger charge is 2.24. The lowest BCUT2D eigenvalue weighted by Crippen LogP contribution is -2.52. The van der Waals surface area contributed by atoms with Gasteiger partial charge in [0.2, 0.25) is 5.91 Å². The normalized spacial score (nSPS) is 17.2. The molecule has 0 radical (unpaired) electrons. The Morgan fingerprint density at radius 3 is 2.48 bits per heavy atom. The van der Waals surface area contributed by atoms with Crippen LogP contribution in [0.3, 0.4) is 0 Å². The summed E-state index contributed by atoms with van der Waals surface area (Å²) in [5.41, 5.74) is 1.39. The van der Waals surface area contributed by atoms with Crippen molar-refractivity contribution in [3.05, 3.63) is 58.3 Å². The first-order valence-corrected chi connectivity index (χ1v) is 9.18. The average Bonchev–Trinajstić information content (AvgIpc) is 3.09. The number of piperazine rings is 1. The Morgan fingerprint density at radius 2 is 1.83 bits per heavy atom. The second kappa shape index (κ2) is 7.75. The van der Waals surface area contributed by atoms with Crippen LogP contribution in [0.5, 0.6) is 0 Å². The van der Waals surface area contributed by atoms with Gasteiger partial charge >= 0.3 is 0 Å². The number of carbonyl (C=O) groups is 1. The second-order valence-corrected chi connectivity index (χ2v) is 7.24. The van der Waals surface area contributed by atoms with Crippen LogP contribution in [0.2, 0.25) is 0 Å². The second-order valence-electron chi connectivity index (χ2n) is 6.21. The van der Waals surface area contributed by atoms with E-state index in [4.69, 9.17) is 0 Å². The summed E-state index contributed by atoms with van der Waals surface area (Å²) >= 11 is 1.66. The van der Waals surface area contributed by atoms with E-state index in [1.165, 1.54) is 5.56 Å². The van der Waals surface area contributed by atoms with Crippen LogP contribution in [0.25, 0.3) is 0 Å². The van der Waals surface area contributed by atoms with Crippen LogP contribution in [0.15, 0.2) is 47.8 Å². The summed E-state index contributed by atoms with van der Waals surface area (Å²) in [7, 11) is 0. The van der Waals surface area contributed by atoms with Gasteiger partial charge in [-0.1, -0.05) is 36.4 Å². The van der Waals surface area contributed by atoms with Crippen molar-refractivity contribution in [3.8, 4) is 0 Å². The standard InChI is InChI=1S/C19H24N2OS/c1-16(14-17-6-3-2-4-7-17)20-9-11-21(12-10-20)19(22)15-18-8-5-13-23-18/h2-8,13,16H,9-12,14-15H2,1H3. The molecule has 1 saturated heterocycles. The van der Waals surface area contributed by atoms with Gasteiger partial charge in [-0.05, 0) is 30.4 Å². The molecule has 0 N–H and O–H groups in total. The molecule has 4 heteroatoms. The van der Waals surface area contributed by atoms with Gasteiger partial charge in [-0.2, -0.15) is 0 Å². The molecule has 3 rings (SSSR count). The van der Waals surface area contributed by atoms with E-state index < -0.39 is 0 Å². The molecule has 0 bridgehead atoms. The van der Waals surface area contributed by atoms with Crippen LogP contribution in [-0.2, 0) is 17.6 Å². The van der Waals surface area contributed by atoms with Gasteiger partial charge in [0.05, 0.1) is 6.42 Å². The minimum atomic E-state index is 0.266. The zero-order valence-electron chi connectivity index (χ0n) is 13.6. The summed E-state index contributed by atoms with van der Waals surface area (Å²) in [6.45, 7) is 5.94. The van der Waals surface area contributed by atoms with Crippen LogP contribution in [-0.4, -0.2) is 47.9 Å². The van der Waals surface area contributed by atoms with Gasteiger partial charge in [-0.3, -0.25) is 9.69 Å². The largest absolute Gasteiger partial charge is 0.340 e. The fourth-order valence-electron chi connectivity index (χ4n) is 3.17. The Hall–Kier alpha value is -1.65. The molecule has 1 amide bonds. The summed E-state index contributed by atoms with van der Waals surface area (Å²) in [6, 6.07) is 15.2. The number of carbonyl (C=O) groups excluding carboxylic acids is 1. The van der Waals surface area contributed by atoms with E-state index in [0.29, 0.717) is 12.5 Å². The molecule has 1 aromatic heterocycles. The van der Waals surface area contributed by atoms with Crippen molar-refractivity contribution >= 4 is 17.2 Å². The minimum absolute atomic E-state index is 0.266. The zero-order valence-corrected chi connectivity index (χ0v) is 14.5. The first kappa shape index (κ1) is 16.2. The molecule has 1 unspecified atom stereocenters. The molecular formula is C19H24N2OS. The first-order valence-electron chi connectivity index (χ1n) is 8.30. The van der Waals surface area contributed by atoms with E-state index in [1.54, 1.807) is 11.3 Å². The van der Waals surface area contributed by atoms with Crippen molar-refractivity contribution in [3.63, 3.8) is 0 Å². The number of nitrogens with zero attached hydrogens (tertiary/aromatic N) is 2. The van der Waals surface area contributed by atoms with Gasteiger partial charge in [0.15, 0.2) is 0 Å². The minimum Gasteiger partial charge on any atom is -0.340 e. The lowest BCUT2D eigenvalue weighted by molar-refractivity contribution is -0.132. The molecule has 0 aliphatic carbocycles. The monoisotopic (exact) mass is 328 g/mol. The first-order chi connectivity index (χ1) is 11.2. The predicted octanol–water partition coefficient (Wildman–Crippen LogP) is 3.07. The van der Waals surface area contributed by atoms with Crippen molar-refractivity contribution in [1.29, 1.82) is 0 Å². The number of hydrogen-bond donors (Lipinski definition) is 0. The molecule has 1 fully saturated rings. The van der Waals surface area contributed by atoms with Gasteiger partial charge in [0, 0.05) is 37.1 Å². The van der Waals surface area contributed by atoms with Crippen LogP contribution < -0.4 is 0 Å². The number of thiophene rings is 1. The lowest BCUT2D eigenvalue weighted by Gasteiger charge is -2.38. The number of amides is 1. The zero-order chi connectivity index (χ0) is 16.1. The van der Waals surface area contributed by atoms with Crippen molar-refractivity contribution in [2.24, 2.45) is 0 Å². The molecule has 0 spiro atoms. The fourth-order valence-corrected chi connectivity index (χ4v) is 3.87. The van der Waals surface area contributed by atoms with Crippen molar-refractivity contribution < 1.29 is 4.79 Å². The third-order valence-corrected chi connectivity index (χ3v) is 5.45. The Labute approximate surface area is 142 Å². The highest BCUT2D eigenvalue weighted by atomic mass is 32.1. The summed E-state index contributed by atoms with van der Waals surface area (Å²) < 4.78 is 0. The highest BCUT2D eigenvalue weighted by molar-refractivity contribution is 7.10. The van der Waals surface area contributed by atoms with E-state index in [2.05, 4.69) is 42.2 Å². The molecule has 0 saturated carbocycles. The third kappa shape index (κ3) is 4.43. The van der Waals surface area contributed by atoms with E-state index in [0.717, 1.165) is 37.5 Å². The molecule has 122 valence electrons. The lowest BCUT2D eigenvalue weighted by atomic mass is 10.1. The van der Waals surface area contributed by atoms with Gasteiger partial charge in [-0.15, -0.1) is 11.3 Å². The Bertz CT molecular complexity index is 604. The number of hydrogen-bond acceptors (Lipinski definition) is 3. The Kier molecular flexibility index (Phi) is 5.47. The third-order valence-electron chi connectivity index (χ3n) is 4.57. The van der Waals surface area contributed by atoms with E-state index >= 15 is 0 Å². The maximum atomic E-state index is 12.3. The molecule has 2 aromatic rings. The highest BCUT2D eigenvalue weighted by Crippen LogP contribution is 2.14. The van der Waals surface area contributed by atoms with Crippen molar-refractivity contribution in [1.82, 2.24) is 9.80 Å². The van der Waals surface area contributed by atoms with Gasteiger partial charge in [0.25, 0.3) is 0 Å². The van der Waals surface area contributed by atoms with Crippen LogP contribution >= 0.6 is 11.3 Å². The molecule has 1 aliphatic rings. The average molecular weight is 328 g/mol. The molecule has 2 heterocycles.